The lowest BCUT2D eigenvalue weighted by Gasteiger charge is -2.35. The van der Waals surface area contributed by atoms with E-state index in [2.05, 4.69) is 17.2 Å². The maximum absolute atomic E-state index is 13.5. The minimum atomic E-state index is -0.531. The van der Waals surface area contributed by atoms with Gasteiger partial charge in [-0.25, -0.2) is 14.9 Å². The summed E-state index contributed by atoms with van der Waals surface area (Å²) < 4.78 is 1.83. The van der Waals surface area contributed by atoms with Crippen LogP contribution in [0.1, 0.15) is 65.1 Å². The highest BCUT2D eigenvalue weighted by Crippen LogP contribution is 2.33. The number of aryl methyl sites for hydroxylation is 1. The zero-order chi connectivity index (χ0) is 23.8. The third kappa shape index (κ3) is 4.25. The molecule has 0 radical (unpaired) electrons. The summed E-state index contributed by atoms with van der Waals surface area (Å²) in [5, 5.41) is 4.84. The number of nitrogens with two attached hydrogens (primary N) is 3. The van der Waals surface area contributed by atoms with Gasteiger partial charge in [0.1, 0.15) is 5.82 Å². The lowest BCUT2D eigenvalue weighted by atomic mass is 9.97. The molecule has 3 atom stereocenters. The number of piperidine rings is 1. The number of aromatic nitrogens is 3. The first-order valence-electron chi connectivity index (χ1n) is 11.9. The predicted molar refractivity (Wildman–Crippen MR) is 131 cm³/mol. The fraction of sp³-hybridized carbons (Fsp3) is 0.458. The van der Waals surface area contributed by atoms with E-state index >= 15 is 0 Å². The predicted octanol–water partition coefficient (Wildman–Crippen LogP) is 1.36. The Bertz CT molecular complexity index is 1190. The number of hydrogen-bond donors (Lipinski definition) is 4. The number of carbonyl (C=O) groups is 1. The van der Waals surface area contributed by atoms with Crippen molar-refractivity contribution >= 4 is 17.4 Å². The second-order valence-electron chi connectivity index (χ2n) is 9.39. The van der Waals surface area contributed by atoms with Gasteiger partial charge in [0.05, 0.1) is 17.9 Å². The largest absolute Gasteiger partial charge is 0.355 e. The van der Waals surface area contributed by atoms with Gasteiger partial charge in [-0.15, -0.1) is 0 Å². The van der Waals surface area contributed by atoms with Crippen molar-refractivity contribution in [2.24, 2.45) is 17.3 Å². The Morgan fingerprint density at radius 3 is 2.82 bits per heavy atom. The summed E-state index contributed by atoms with van der Waals surface area (Å²) in [4.78, 5) is 22.6. The molecule has 0 spiro atoms. The fourth-order valence-electron chi connectivity index (χ4n) is 5.09. The van der Waals surface area contributed by atoms with Gasteiger partial charge in [-0.1, -0.05) is 12.1 Å². The topological polar surface area (TPSA) is 144 Å². The van der Waals surface area contributed by atoms with Gasteiger partial charge in [0.15, 0.2) is 5.65 Å². The molecule has 10 heteroatoms. The quantitative estimate of drug-likeness (QED) is 0.252. The number of carbonyl (C=O) groups excluding carboxylic acids is 1. The SMILES string of the molecule is Cc1cn2nc([C@@H]3CCCCN3C(=O)c3cccc(C(N)NN)c3)cc2nc1N1CC[C@H](N)C1. The van der Waals surface area contributed by atoms with Crippen LogP contribution in [0.25, 0.3) is 5.65 Å². The molecule has 4 heterocycles. The van der Waals surface area contributed by atoms with E-state index in [0.29, 0.717) is 12.1 Å². The lowest BCUT2D eigenvalue weighted by Crippen LogP contribution is -2.39. The summed E-state index contributed by atoms with van der Waals surface area (Å²) in [6, 6.07) is 9.42. The monoisotopic (exact) mass is 463 g/mol. The Labute approximate surface area is 199 Å². The van der Waals surface area contributed by atoms with Crippen molar-refractivity contribution in [1.29, 1.82) is 0 Å². The number of hydrogen-bond acceptors (Lipinski definition) is 8. The number of fused-ring (bicyclic) bond motifs is 1. The van der Waals surface area contributed by atoms with E-state index in [1.807, 2.05) is 39.9 Å². The maximum Gasteiger partial charge on any atom is 0.254 e. The van der Waals surface area contributed by atoms with Crippen molar-refractivity contribution in [2.75, 3.05) is 24.5 Å². The second-order valence-corrected chi connectivity index (χ2v) is 9.39. The highest BCUT2D eigenvalue weighted by Gasteiger charge is 2.31. The molecule has 3 aromatic rings. The summed E-state index contributed by atoms with van der Waals surface area (Å²) in [5.74, 6) is 6.42. The Balaban J connectivity index is 1.44. The molecular formula is C24H33N9O. The third-order valence-electron chi connectivity index (χ3n) is 6.93. The van der Waals surface area contributed by atoms with Crippen LogP contribution in [0.2, 0.25) is 0 Å². The molecule has 2 saturated heterocycles. The van der Waals surface area contributed by atoms with Crippen molar-refractivity contribution in [2.45, 2.75) is 50.9 Å². The summed E-state index contributed by atoms with van der Waals surface area (Å²) in [6.45, 7) is 4.47. The molecular weight excluding hydrogens is 430 g/mol. The Kier molecular flexibility index (Phi) is 6.22. The molecule has 1 aromatic carbocycles. The van der Waals surface area contributed by atoms with Gasteiger partial charge in [0.2, 0.25) is 0 Å². The summed E-state index contributed by atoms with van der Waals surface area (Å²) in [5.41, 5.74) is 18.7. The molecule has 0 bridgehead atoms. The van der Waals surface area contributed by atoms with E-state index in [0.717, 1.165) is 67.1 Å². The van der Waals surface area contributed by atoms with Gasteiger partial charge in [-0.2, -0.15) is 5.10 Å². The van der Waals surface area contributed by atoms with Crippen LogP contribution in [-0.2, 0) is 0 Å². The van der Waals surface area contributed by atoms with Crippen molar-refractivity contribution in [3.8, 4) is 0 Å². The van der Waals surface area contributed by atoms with Crippen LogP contribution in [0.4, 0.5) is 5.82 Å². The zero-order valence-electron chi connectivity index (χ0n) is 19.5. The highest BCUT2D eigenvalue weighted by atomic mass is 16.2. The minimum Gasteiger partial charge on any atom is -0.355 e. The van der Waals surface area contributed by atoms with Gasteiger partial charge < -0.3 is 21.3 Å². The summed E-state index contributed by atoms with van der Waals surface area (Å²) >= 11 is 0. The molecule has 10 nitrogen and oxygen atoms in total. The number of anilines is 1. The Morgan fingerprint density at radius 2 is 2.06 bits per heavy atom. The maximum atomic E-state index is 13.5. The number of rotatable bonds is 5. The molecule has 0 saturated carbocycles. The van der Waals surface area contributed by atoms with E-state index in [1.165, 1.54) is 0 Å². The Morgan fingerprint density at radius 1 is 1.21 bits per heavy atom. The van der Waals surface area contributed by atoms with Crippen LogP contribution < -0.4 is 27.6 Å². The molecule has 7 N–H and O–H groups in total. The molecule has 34 heavy (non-hydrogen) atoms. The van der Waals surface area contributed by atoms with Crippen LogP contribution in [0, 0.1) is 6.92 Å². The molecule has 2 fully saturated rings. The molecule has 180 valence electrons. The smallest absolute Gasteiger partial charge is 0.254 e. The minimum absolute atomic E-state index is 0.0243. The molecule has 1 amide bonds. The first-order valence-corrected chi connectivity index (χ1v) is 11.9. The molecule has 2 aliphatic heterocycles. The molecule has 1 unspecified atom stereocenters. The fourth-order valence-corrected chi connectivity index (χ4v) is 5.09. The van der Waals surface area contributed by atoms with Crippen molar-refractivity contribution < 1.29 is 4.79 Å². The summed E-state index contributed by atoms with van der Waals surface area (Å²) in [6.07, 6.45) is 5.35. The van der Waals surface area contributed by atoms with Crippen LogP contribution in [-0.4, -0.2) is 51.1 Å². The number of nitrogens with zero attached hydrogens (tertiary/aromatic N) is 5. The van der Waals surface area contributed by atoms with Crippen LogP contribution >= 0.6 is 0 Å². The molecule has 2 aromatic heterocycles. The van der Waals surface area contributed by atoms with Gasteiger partial charge in [-0.3, -0.25) is 10.6 Å². The zero-order valence-corrected chi connectivity index (χ0v) is 19.5. The first kappa shape index (κ1) is 22.7. The first-order chi connectivity index (χ1) is 16.4. The summed E-state index contributed by atoms with van der Waals surface area (Å²) in [7, 11) is 0. The second kappa shape index (κ2) is 9.30. The number of amides is 1. The van der Waals surface area contributed by atoms with Crippen LogP contribution in [0.5, 0.6) is 0 Å². The lowest BCUT2D eigenvalue weighted by molar-refractivity contribution is 0.0605. The van der Waals surface area contributed by atoms with Gasteiger partial charge in [0, 0.05) is 49.1 Å². The average Bonchev–Trinajstić information content (AvgIpc) is 3.48. The van der Waals surface area contributed by atoms with E-state index in [4.69, 9.17) is 27.4 Å². The van der Waals surface area contributed by atoms with Gasteiger partial charge in [0.25, 0.3) is 5.91 Å². The third-order valence-corrected chi connectivity index (χ3v) is 6.93. The number of benzene rings is 1. The van der Waals surface area contributed by atoms with Crippen molar-refractivity contribution in [1.82, 2.24) is 24.9 Å². The van der Waals surface area contributed by atoms with E-state index in [9.17, 15) is 4.79 Å². The standard InChI is InChI=1S/C24H33N9O/c1-15-13-33-21(28-23(15)31-10-8-18(25)14-31)12-19(30-33)20-7-2-3-9-32(20)24(34)17-6-4-5-16(11-17)22(26)29-27/h4-6,11-13,18,20,22,29H,2-3,7-10,14,25-27H2,1H3/t18-,20-,22?/m0/s1. The molecule has 5 rings (SSSR count). The average molecular weight is 464 g/mol. The Hall–Kier alpha value is -3.05. The van der Waals surface area contributed by atoms with Crippen molar-refractivity contribution in [3.63, 3.8) is 0 Å². The highest BCUT2D eigenvalue weighted by molar-refractivity contribution is 5.94. The normalized spacial score (nSPS) is 21.9. The van der Waals surface area contributed by atoms with Gasteiger partial charge >= 0.3 is 0 Å². The van der Waals surface area contributed by atoms with Crippen LogP contribution in [0.15, 0.2) is 36.5 Å². The van der Waals surface area contributed by atoms with E-state index in [1.54, 1.807) is 6.07 Å². The van der Waals surface area contributed by atoms with Crippen LogP contribution in [0.3, 0.4) is 0 Å². The number of likely N-dealkylation sites (tertiary alicyclic amines) is 1. The molecule has 0 aliphatic carbocycles. The van der Waals surface area contributed by atoms with Crippen molar-refractivity contribution in [3.05, 3.63) is 58.9 Å². The molecule has 2 aliphatic rings. The van der Waals surface area contributed by atoms with Gasteiger partial charge in [-0.05, 0) is 50.3 Å². The van der Waals surface area contributed by atoms with E-state index < -0.39 is 6.17 Å². The number of nitrogens with one attached hydrogen (secondary N) is 1. The number of hydrazine groups is 1. The van der Waals surface area contributed by atoms with E-state index in [-0.39, 0.29) is 18.0 Å².